The summed E-state index contributed by atoms with van der Waals surface area (Å²) >= 11 is 0. The predicted octanol–water partition coefficient (Wildman–Crippen LogP) is 2.36. The second-order valence-electron chi connectivity index (χ2n) is 5.37. The van der Waals surface area contributed by atoms with Gasteiger partial charge in [-0.1, -0.05) is 66.2 Å². The summed E-state index contributed by atoms with van der Waals surface area (Å²) in [5.74, 6) is 0. The van der Waals surface area contributed by atoms with Gasteiger partial charge >= 0.3 is 0 Å². The predicted molar refractivity (Wildman–Crippen MR) is 86.7 cm³/mol. The molecule has 0 bridgehead atoms. The molecule has 21 heavy (non-hydrogen) atoms. The summed E-state index contributed by atoms with van der Waals surface area (Å²) in [5.41, 5.74) is 9.26. The molecule has 0 amide bonds. The number of benzene rings is 2. The van der Waals surface area contributed by atoms with Crippen molar-refractivity contribution in [2.75, 3.05) is 13.2 Å². The molecule has 3 heteroatoms. The molecule has 0 saturated heterocycles. The quantitative estimate of drug-likeness (QED) is 0.789. The van der Waals surface area contributed by atoms with Crippen LogP contribution in [0.5, 0.6) is 0 Å². The van der Waals surface area contributed by atoms with E-state index >= 15 is 0 Å². The van der Waals surface area contributed by atoms with Gasteiger partial charge in [-0.3, -0.25) is 0 Å². The summed E-state index contributed by atoms with van der Waals surface area (Å²) in [4.78, 5) is 0. The molecule has 3 nitrogen and oxygen atoms in total. The largest absolute Gasteiger partial charge is 0.394 e. The first-order chi connectivity index (χ1) is 10.1. The Bertz CT molecular complexity index is 596. The van der Waals surface area contributed by atoms with E-state index in [1.165, 1.54) is 11.1 Å². The molecule has 0 fully saturated rings. The van der Waals surface area contributed by atoms with Crippen molar-refractivity contribution in [3.63, 3.8) is 0 Å². The fourth-order valence-corrected chi connectivity index (χ4v) is 1.95. The van der Waals surface area contributed by atoms with Crippen LogP contribution in [0.4, 0.5) is 0 Å². The van der Waals surface area contributed by atoms with Crippen LogP contribution < -0.4 is 5.73 Å². The monoisotopic (exact) mass is 283 g/mol. The summed E-state index contributed by atoms with van der Waals surface area (Å²) in [6.07, 6.45) is 3.44. The molecule has 0 unspecified atom stereocenters. The van der Waals surface area contributed by atoms with Gasteiger partial charge in [-0.05, 0) is 23.6 Å². The van der Waals surface area contributed by atoms with E-state index in [1.54, 1.807) is 6.08 Å². The van der Waals surface area contributed by atoms with E-state index in [1.807, 2.05) is 30.3 Å². The second-order valence-corrected chi connectivity index (χ2v) is 5.37. The van der Waals surface area contributed by atoms with Crippen LogP contribution in [-0.4, -0.2) is 29.0 Å². The average molecular weight is 283 g/mol. The first kappa shape index (κ1) is 15.4. The van der Waals surface area contributed by atoms with Crippen molar-refractivity contribution < 1.29 is 10.2 Å². The number of nitrogens with two attached hydrogens (primary N) is 1. The number of aryl methyl sites for hydroxylation is 1. The van der Waals surface area contributed by atoms with Gasteiger partial charge < -0.3 is 15.9 Å². The molecule has 2 aromatic rings. The Hall–Kier alpha value is -1.94. The Balaban J connectivity index is 2.16. The minimum atomic E-state index is -1.07. The third-order valence-corrected chi connectivity index (χ3v) is 3.49. The summed E-state index contributed by atoms with van der Waals surface area (Å²) in [6, 6.07) is 16.4. The molecule has 0 saturated carbocycles. The Morgan fingerprint density at radius 3 is 1.86 bits per heavy atom. The van der Waals surface area contributed by atoms with Crippen LogP contribution in [0.3, 0.4) is 0 Å². The average Bonchev–Trinajstić information content (AvgIpc) is 2.54. The van der Waals surface area contributed by atoms with Crippen LogP contribution in [0.2, 0.25) is 0 Å². The highest BCUT2D eigenvalue weighted by Gasteiger charge is 2.18. The van der Waals surface area contributed by atoms with E-state index in [-0.39, 0.29) is 13.2 Å². The molecule has 0 aliphatic carbocycles. The van der Waals surface area contributed by atoms with Crippen molar-refractivity contribution in [2.24, 2.45) is 5.73 Å². The van der Waals surface area contributed by atoms with Gasteiger partial charge in [0.1, 0.15) is 0 Å². The summed E-state index contributed by atoms with van der Waals surface area (Å²) < 4.78 is 0. The molecule has 4 N–H and O–H groups in total. The zero-order valence-electron chi connectivity index (χ0n) is 12.2. The van der Waals surface area contributed by atoms with Crippen molar-refractivity contribution in [1.29, 1.82) is 0 Å². The standard InChI is InChI=1S/C18H21NO2/c1-14-2-6-16(7-3-14)17-8-4-15(5-9-17)10-11-18(19,12-20)13-21/h2-11,20-21H,12-13,19H2,1H3/b11-10+. The van der Waals surface area contributed by atoms with Gasteiger partial charge in [0.2, 0.25) is 0 Å². The lowest BCUT2D eigenvalue weighted by atomic mass is 10.00. The van der Waals surface area contributed by atoms with Crippen LogP contribution in [0, 0.1) is 6.92 Å². The molecule has 0 spiro atoms. The molecule has 0 atom stereocenters. The molecule has 0 aliphatic heterocycles. The van der Waals surface area contributed by atoms with E-state index in [0.29, 0.717) is 0 Å². The Morgan fingerprint density at radius 2 is 1.38 bits per heavy atom. The summed E-state index contributed by atoms with van der Waals surface area (Å²) in [6.45, 7) is 1.49. The number of aliphatic hydroxyl groups is 2. The van der Waals surface area contributed by atoms with Gasteiger partial charge in [-0.15, -0.1) is 0 Å². The summed E-state index contributed by atoms with van der Waals surface area (Å²) in [7, 11) is 0. The molecule has 110 valence electrons. The molecule has 2 rings (SSSR count). The van der Waals surface area contributed by atoms with Crippen LogP contribution >= 0.6 is 0 Å². The second kappa shape index (κ2) is 6.68. The van der Waals surface area contributed by atoms with Gasteiger partial charge in [0.25, 0.3) is 0 Å². The number of rotatable bonds is 5. The van der Waals surface area contributed by atoms with E-state index in [4.69, 9.17) is 15.9 Å². The fraction of sp³-hybridized carbons (Fsp3) is 0.222. The first-order valence-corrected chi connectivity index (χ1v) is 6.93. The normalized spacial score (nSPS) is 12.0. The zero-order valence-corrected chi connectivity index (χ0v) is 12.2. The highest BCUT2D eigenvalue weighted by Crippen LogP contribution is 2.21. The van der Waals surface area contributed by atoms with Crippen molar-refractivity contribution in [3.8, 4) is 11.1 Å². The van der Waals surface area contributed by atoms with Crippen LogP contribution in [-0.2, 0) is 0 Å². The topological polar surface area (TPSA) is 66.5 Å². The third kappa shape index (κ3) is 4.02. The summed E-state index contributed by atoms with van der Waals surface area (Å²) in [5, 5.41) is 18.3. The molecular weight excluding hydrogens is 262 g/mol. The highest BCUT2D eigenvalue weighted by molar-refractivity contribution is 5.66. The van der Waals surface area contributed by atoms with Crippen molar-refractivity contribution in [3.05, 3.63) is 65.7 Å². The van der Waals surface area contributed by atoms with Crippen LogP contribution in [0.15, 0.2) is 54.6 Å². The molecule has 0 radical (unpaired) electrons. The Kier molecular flexibility index (Phi) is 4.91. The van der Waals surface area contributed by atoms with E-state index in [9.17, 15) is 0 Å². The maximum absolute atomic E-state index is 9.14. The third-order valence-electron chi connectivity index (χ3n) is 3.49. The first-order valence-electron chi connectivity index (χ1n) is 6.93. The molecular formula is C18H21NO2. The van der Waals surface area contributed by atoms with Gasteiger partial charge in [0, 0.05) is 0 Å². The Labute approximate surface area is 125 Å². The molecule has 2 aromatic carbocycles. The van der Waals surface area contributed by atoms with Crippen LogP contribution in [0.1, 0.15) is 11.1 Å². The minimum absolute atomic E-state index is 0.290. The maximum atomic E-state index is 9.14. The highest BCUT2D eigenvalue weighted by atomic mass is 16.3. The van der Waals surface area contributed by atoms with Crippen LogP contribution in [0.25, 0.3) is 17.2 Å². The maximum Gasteiger partial charge on any atom is 0.0811 e. The Morgan fingerprint density at radius 1 is 0.905 bits per heavy atom. The smallest absolute Gasteiger partial charge is 0.0811 e. The molecule has 0 aromatic heterocycles. The molecule has 0 aliphatic rings. The van der Waals surface area contributed by atoms with E-state index in [2.05, 4.69) is 31.2 Å². The molecule has 0 heterocycles. The lowest BCUT2D eigenvalue weighted by Crippen LogP contribution is -2.45. The lowest BCUT2D eigenvalue weighted by molar-refractivity contribution is 0.152. The number of hydrogen-bond donors (Lipinski definition) is 3. The van der Waals surface area contributed by atoms with E-state index < -0.39 is 5.54 Å². The fourth-order valence-electron chi connectivity index (χ4n) is 1.95. The number of aliphatic hydroxyl groups excluding tert-OH is 2. The number of hydrogen-bond acceptors (Lipinski definition) is 3. The van der Waals surface area contributed by atoms with E-state index in [0.717, 1.165) is 11.1 Å². The van der Waals surface area contributed by atoms with Gasteiger partial charge in [0.05, 0.1) is 18.8 Å². The zero-order chi connectivity index (χ0) is 15.3. The van der Waals surface area contributed by atoms with Gasteiger partial charge in [-0.2, -0.15) is 0 Å². The van der Waals surface area contributed by atoms with Crippen molar-refractivity contribution >= 4 is 6.08 Å². The minimum Gasteiger partial charge on any atom is -0.394 e. The van der Waals surface area contributed by atoms with Crippen molar-refractivity contribution in [2.45, 2.75) is 12.5 Å². The van der Waals surface area contributed by atoms with Crippen molar-refractivity contribution in [1.82, 2.24) is 0 Å². The SMILES string of the molecule is Cc1ccc(-c2ccc(/C=C/C(N)(CO)CO)cc2)cc1. The van der Waals surface area contributed by atoms with Gasteiger partial charge in [-0.25, -0.2) is 0 Å². The lowest BCUT2D eigenvalue weighted by Gasteiger charge is -2.19. The van der Waals surface area contributed by atoms with Gasteiger partial charge in [0.15, 0.2) is 0 Å².